The summed E-state index contributed by atoms with van der Waals surface area (Å²) in [5.41, 5.74) is 15.9. The number of fused-ring (bicyclic) bond motifs is 14. The van der Waals surface area contributed by atoms with Gasteiger partial charge >= 0.3 is 0 Å². The highest BCUT2D eigenvalue weighted by Crippen LogP contribution is 2.65. The quantitative estimate of drug-likeness (QED) is 0.181. The average Bonchev–Trinajstić information content (AvgIpc) is 3.59. The third kappa shape index (κ3) is 2.93. The molecule has 46 heavy (non-hydrogen) atoms. The van der Waals surface area contributed by atoms with Crippen LogP contribution in [0, 0.1) is 0 Å². The van der Waals surface area contributed by atoms with Gasteiger partial charge in [0.15, 0.2) is 0 Å². The molecule has 1 heterocycles. The maximum Gasteiger partial charge on any atom is 0.0725 e. The number of rotatable bonds is 1. The van der Waals surface area contributed by atoms with E-state index >= 15 is 0 Å². The summed E-state index contributed by atoms with van der Waals surface area (Å²) in [7, 11) is 0. The van der Waals surface area contributed by atoms with E-state index in [1.165, 1.54) is 98.1 Å². The smallest absolute Gasteiger partial charge is 0.0725 e. The molecule has 0 bridgehead atoms. The summed E-state index contributed by atoms with van der Waals surface area (Å²) < 4.78 is 0. The Bertz CT molecular complexity index is 2620. The Morgan fingerprint density at radius 3 is 1.74 bits per heavy atom. The minimum atomic E-state index is -0.377. The molecule has 0 aromatic heterocycles. The first-order valence-electron chi connectivity index (χ1n) is 16.0. The minimum Gasteiger partial charge on any atom is -0.0881 e. The second-order valence-corrected chi connectivity index (χ2v) is 13.8. The monoisotopic (exact) mass is 598 g/mol. The summed E-state index contributed by atoms with van der Waals surface area (Å²) in [4.78, 5) is 2.68. The summed E-state index contributed by atoms with van der Waals surface area (Å²) in [6, 6.07) is 59.3. The van der Waals surface area contributed by atoms with E-state index in [1.54, 1.807) is 0 Å². The van der Waals surface area contributed by atoms with Crippen LogP contribution in [-0.2, 0) is 5.41 Å². The first kappa shape index (κ1) is 24.9. The standard InChI is InChI=1S/C45H26S/c1-2-14-29-27(11-1)25-26-39-42(29)34-15-3-5-21-36(34)45(39)37-22-6-4-16-35(37)43-31(18-10-23-38(43)45)33-20-9-19-32-30-17-7-12-28-13-8-24-40(41(28)30)46-44(32)33/h1-26H. The second-order valence-electron chi connectivity index (χ2n) is 12.7. The molecule has 8 aromatic carbocycles. The molecule has 0 fully saturated rings. The van der Waals surface area contributed by atoms with Crippen molar-refractivity contribution < 1.29 is 0 Å². The lowest BCUT2D eigenvalue weighted by atomic mass is 9.70. The fraction of sp³-hybridized carbons (Fsp3) is 0.0222. The lowest BCUT2D eigenvalue weighted by Gasteiger charge is -2.30. The van der Waals surface area contributed by atoms with Crippen LogP contribution in [0.4, 0.5) is 0 Å². The molecular formula is C45H26S. The zero-order chi connectivity index (χ0) is 30.0. The average molecular weight is 599 g/mol. The van der Waals surface area contributed by atoms with Gasteiger partial charge in [-0.05, 0) is 89.0 Å². The first-order valence-corrected chi connectivity index (χ1v) is 16.8. The van der Waals surface area contributed by atoms with E-state index in [4.69, 9.17) is 0 Å². The molecule has 0 saturated carbocycles. The van der Waals surface area contributed by atoms with Crippen molar-refractivity contribution in [3.8, 4) is 44.5 Å². The Kier molecular flexibility index (Phi) is 4.80. The molecule has 1 heteroatoms. The maximum absolute atomic E-state index is 2.41. The molecule has 11 rings (SSSR count). The van der Waals surface area contributed by atoms with Crippen LogP contribution < -0.4 is 0 Å². The number of hydrogen-bond acceptors (Lipinski definition) is 1. The van der Waals surface area contributed by atoms with Crippen LogP contribution in [0.1, 0.15) is 22.3 Å². The molecule has 1 atom stereocenters. The molecule has 0 saturated heterocycles. The Morgan fingerprint density at radius 2 is 0.891 bits per heavy atom. The van der Waals surface area contributed by atoms with Crippen molar-refractivity contribution in [2.75, 3.05) is 0 Å². The van der Waals surface area contributed by atoms with Gasteiger partial charge < -0.3 is 0 Å². The van der Waals surface area contributed by atoms with Gasteiger partial charge in [0, 0.05) is 15.2 Å². The molecule has 0 radical (unpaired) electrons. The largest absolute Gasteiger partial charge is 0.0881 e. The number of hydrogen-bond donors (Lipinski definition) is 0. The molecule has 3 aliphatic rings. The van der Waals surface area contributed by atoms with E-state index in [0.29, 0.717) is 0 Å². The lowest BCUT2D eigenvalue weighted by Crippen LogP contribution is -2.25. The van der Waals surface area contributed by atoms with Crippen LogP contribution in [0.2, 0.25) is 0 Å². The van der Waals surface area contributed by atoms with Crippen LogP contribution in [0.15, 0.2) is 168 Å². The Hall–Kier alpha value is -5.37. The topological polar surface area (TPSA) is 0 Å². The molecule has 2 aliphatic carbocycles. The molecule has 1 unspecified atom stereocenters. The van der Waals surface area contributed by atoms with Crippen molar-refractivity contribution in [3.05, 3.63) is 180 Å². The van der Waals surface area contributed by atoms with E-state index < -0.39 is 0 Å². The fourth-order valence-corrected chi connectivity index (χ4v) is 10.2. The number of benzene rings is 8. The molecule has 8 aromatic rings. The summed E-state index contributed by atoms with van der Waals surface area (Å²) >= 11 is 1.93. The van der Waals surface area contributed by atoms with Crippen LogP contribution in [-0.4, -0.2) is 0 Å². The highest BCUT2D eigenvalue weighted by Gasteiger charge is 2.52. The predicted molar refractivity (Wildman–Crippen MR) is 193 cm³/mol. The van der Waals surface area contributed by atoms with E-state index in [2.05, 4.69) is 158 Å². The Morgan fingerprint density at radius 1 is 0.348 bits per heavy atom. The maximum atomic E-state index is 2.41. The summed E-state index contributed by atoms with van der Waals surface area (Å²) in [5.74, 6) is 0. The van der Waals surface area contributed by atoms with E-state index in [1.807, 2.05) is 11.8 Å². The molecule has 0 nitrogen and oxygen atoms in total. The zero-order valence-corrected chi connectivity index (χ0v) is 25.7. The minimum absolute atomic E-state index is 0.377. The van der Waals surface area contributed by atoms with E-state index in [-0.39, 0.29) is 5.41 Å². The second kappa shape index (κ2) is 8.88. The van der Waals surface area contributed by atoms with Gasteiger partial charge in [0.05, 0.1) is 5.41 Å². The Labute approximate surface area is 272 Å². The van der Waals surface area contributed by atoms with E-state index in [9.17, 15) is 0 Å². The van der Waals surface area contributed by atoms with Gasteiger partial charge in [-0.15, -0.1) is 0 Å². The van der Waals surface area contributed by atoms with Crippen LogP contribution in [0.5, 0.6) is 0 Å². The molecule has 0 amide bonds. The van der Waals surface area contributed by atoms with Crippen molar-refractivity contribution in [1.29, 1.82) is 0 Å². The lowest BCUT2D eigenvalue weighted by molar-refractivity contribution is 0.794. The summed E-state index contributed by atoms with van der Waals surface area (Å²) in [5, 5.41) is 5.29. The van der Waals surface area contributed by atoms with Gasteiger partial charge in [0.25, 0.3) is 0 Å². The van der Waals surface area contributed by atoms with Gasteiger partial charge in [0.1, 0.15) is 0 Å². The van der Waals surface area contributed by atoms with Crippen LogP contribution in [0.25, 0.3) is 66.1 Å². The van der Waals surface area contributed by atoms with Gasteiger partial charge in [-0.1, -0.05) is 163 Å². The van der Waals surface area contributed by atoms with E-state index in [0.717, 1.165) is 0 Å². The van der Waals surface area contributed by atoms with Crippen molar-refractivity contribution in [2.45, 2.75) is 15.2 Å². The van der Waals surface area contributed by atoms with Crippen molar-refractivity contribution in [1.82, 2.24) is 0 Å². The summed E-state index contributed by atoms with van der Waals surface area (Å²) in [6.07, 6.45) is 0. The Balaban J connectivity index is 1.25. The molecular weight excluding hydrogens is 573 g/mol. The van der Waals surface area contributed by atoms with Crippen molar-refractivity contribution in [3.63, 3.8) is 0 Å². The first-order chi connectivity index (χ1) is 22.8. The third-order valence-corrected chi connectivity index (χ3v) is 11.9. The van der Waals surface area contributed by atoms with Crippen LogP contribution in [0.3, 0.4) is 0 Å². The van der Waals surface area contributed by atoms with Gasteiger partial charge in [-0.25, -0.2) is 0 Å². The van der Waals surface area contributed by atoms with Crippen molar-refractivity contribution >= 4 is 33.3 Å². The molecule has 1 spiro atoms. The van der Waals surface area contributed by atoms with Crippen LogP contribution >= 0.6 is 11.8 Å². The zero-order valence-electron chi connectivity index (χ0n) is 24.9. The molecule has 1 aliphatic heterocycles. The fourth-order valence-electron chi connectivity index (χ4n) is 8.98. The summed E-state index contributed by atoms with van der Waals surface area (Å²) in [6.45, 7) is 0. The highest BCUT2D eigenvalue weighted by atomic mass is 32.2. The normalized spacial score (nSPS) is 16.3. The van der Waals surface area contributed by atoms with Crippen molar-refractivity contribution in [2.24, 2.45) is 0 Å². The van der Waals surface area contributed by atoms with Gasteiger partial charge in [-0.2, -0.15) is 0 Å². The molecule has 212 valence electrons. The highest BCUT2D eigenvalue weighted by molar-refractivity contribution is 8.00. The third-order valence-electron chi connectivity index (χ3n) is 10.7. The molecule has 0 N–H and O–H groups in total. The predicted octanol–water partition coefficient (Wildman–Crippen LogP) is 12.1. The van der Waals surface area contributed by atoms with Gasteiger partial charge in [-0.3, -0.25) is 0 Å². The van der Waals surface area contributed by atoms with Gasteiger partial charge in [0.2, 0.25) is 0 Å². The SMILES string of the molecule is c1ccc2c(c1)-c1c(-c3cccc4c3Sc3cccc5cccc-4c35)cccc1C21c2ccccc2-c2c1ccc1ccccc21.